The number of benzene rings is 2. The Morgan fingerprint density at radius 3 is 2.12 bits per heavy atom. The van der Waals surface area contributed by atoms with Gasteiger partial charge in [-0.2, -0.15) is 0 Å². The van der Waals surface area contributed by atoms with Crippen LogP contribution in [0.5, 0.6) is 0 Å². The minimum Gasteiger partial charge on any atom is -0.480 e. The largest absolute Gasteiger partial charge is 0.480 e. The number of fused-ring (bicyclic) bond motifs is 3. The van der Waals surface area contributed by atoms with Gasteiger partial charge in [-0.3, -0.25) is 4.79 Å². The predicted octanol–water partition coefficient (Wildman–Crippen LogP) is 4.17. The lowest BCUT2D eigenvalue weighted by atomic mass is 9.98. The smallest absolute Gasteiger partial charge is 0.407 e. The number of carboxylic acids is 1. The standard InChI is InChI=1S/C26H32N2O5/c1-4-17(3)24(25(30)31)28-23(29)13-16(2)14-27-26(32)33-15-22-20-11-7-5-9-18(20)19-10-6-8-12-21(19)22/h5-12,16-17,22,24H,4,13-15H2,1-3H3,(H,27,32)(H,28,29)(H,30,31)/t16?,17?,24-/m0/s1. The van der Waals surface area contributed by atoms with E-state index in [-0.39, 0.29) is 43.2 Å². The Morgan fingerprint density at radius 2 is 1.58 bits per heavy atom. The minimum atomic E-state index is -1.04. The van der Waals surface area contributed by atoms with E-state index in [1.165, 1.54) is 11.1 Å². The van der Waals surface area contributed by atoms with E-state index in [1.54, 1.807) is 6.92 Å². The van der Waals surface area contributed by atoms with E-state index in [0.717, 1.165) is 11.1 Å². The molecule has 2 aromatic carbocycles. The molecular weight excluding hydrogens is 420 g/mol. The van der Waals surface area contributed by atoms with Crippen molar-refractivity contribution >= 4 is 18.0 Å². The van der Waals surface area contributed by atoms with Crippen molar-refractivity contribution < 1.29 is 24.2 Å². The first kappa shape index (κ1) is 24.3. The molecule has 0 aromatic heterocycles. The number of carboxylic acid groups (broad SMARTS) is 1. The van der Waals surface area contributed by atoms with Gasteiger partial charge in [-0.1, -0.05) is 75.7 Å². The van der Waals surface area contributed by atoms with Crippen LogP contribution in [-0.2, 0) is 14.3 Å². The minimum absolute atomic E-state index is 0.0140. The van der Waals surface area contributed by atoms with Crippen molar-refractivity contribution in [1.82, 2.24) is 10.6 Å². The van der Waals surface area contributed by atoms with E-state index in [2.05, 4.69) is 34.9 Å². The molecule has 3 atom stereocenters. The molecule has 0 saturated carbocycles. The number of carbonyl (C=O) groups excluding carboxylic acids is 2. The molecule has 0 aliphatic heterocycles. The first-order valence-electron chi connectivity index (χ1n) is 11.4. The van der Waals surface area contributed by atoms with Crippen LogP contribution in [0.2, 0.25) is 0 Å². The average molecular weight is 453 g/mol. The summed E-state index contributed by atoms with van der Waals surface area (Å²) >= 11 is 0. The van der Waals surface area contributed by atoms with Gasteiger partial charge in [0.15, 0.2) is 0 Å². The molecule has 2 unspecified atom stereocenters. The number of ether oxygens (including phenoxy) is 1. The van der Waals surface area contributed by atoms with Gasteiger partial charge >= 0.3 is 12.1 Å². The first-order chi connectivity index (χ1) is 15.8. The summed E-state index contributed by atoms with van der Waals surface area (Å²) in [5.41, 5.74) is 4.62. The second-order valence-corrected chi connectivity index (χ2v) is 8.78. The Morgan fingerprint density at radius 1 is 1.00 bits per heavy atom. The van der Waals surface area contributed by atoms with Crippen molar-refractivity contribution in [3.05, 3.63) is 59.7 Å². The molecule has 2 amide bonds. The lowest BCUT2D eigenvalue weighted by molar-refractivity contribution is -0.143. The second kappa shape index (κ2) is 11.0. The molecule has 0 fully saturated rings. The quantitative estimate of drug-likeness (QED) is 0.502. The molecule has 1 aliphatic carbocycles. The maximum absolute atomic E-state index is 12.3. The summed E-state index contributed by atoms with van der Waals surface area (Å²) in [7, 11) is 0. The van der Waals surface area contributed by atoms with Gasteiger partial charge in [-0.05, 0) is 34.1 Å². The molecule has 176 valence electrons. The van der Waals surface area contributed by atoms with Crippen LogP contribution in [0.3, 0.4) is 0 Å². The Bertz CT molecular complexity index is 960. The molecule has 0 bridgehead atoms. The zero-order valence-corrected chi connectivity index (χ0v) is 19.3. The fourth-order valence-electron chi connectivity index (χ4n) is 4.21. The number of hydrogen-bond acceptors (Lipinski definition) is 4. The molecule has 33 heavy (non-hydrogen) atoms. The van der Waals surface area contributed by atoms with E-state index in [9.17, 15) is 19.5 Å². The SMILES string of the molecule is CCC(C)[C@H](NC(=O)CC(C)CNC(=O)OCC1c2ccccc2-c2ccccc21)C(=O)O. The molecule has 7 heteroatoms. The highest BCUT2D eigenvalue weighted by atomic mass is 16.5. The molecule has 3 N–H and O–H groups in total. The molecule has 3 rings (SSSR count). The zero-order chi connectivity index (χ0) is 24.0. The highest BCUT2D eigenvalue weighted by Gasteiger charge is 2.29. The van der Waals surface area contributed by atoms with Crippen molar-refractivity contribution in [2.45, 2.75) is 45.6 Å². The zero-order valence-electron chi connectivity index (χ0n) is 19.3. The molecule has 1 aliphatic rings. The molecule has 0 radical (unpaired) electrons. The van der Waals surface area contributed by atoms with Crippen LogP contribution in [0.25, 0.3) is 11.1 Å². The lowest BCUT2D eigenvalue weighted by Gasteiger charge is -2.21. The van der Waals surface area contributed by atoms with Crippen LogP contribution < -0.4 is 10.6 Å². The average Bonchev–Trinajstić information content (AvgIpc) is 3.13. The molecule has 7 nitrogen and oxygen atoms in total. The third-order valence-electron chi connectivity index (χ3n) is 6.27. The Hall–Kier alpha value is -3.35. The van der Waals surface area contributed by atoms with E-state index in [0.29, 0.717) is 6.42 Å². The van der Waals surface area contributed by atoms with E-state index < -0.39 is 18.1 Å². The van der Waals surface area contributed by atoms with E-state index in [1.807, 2.05) is 38.1 Å². The van der Waals surface area contributed by atoms with Crippen molar-refractivity contribution in [2.75, 3.05) is 13.2 Å². The number of alkyl carbamates (subject to hydrolysis) is 1. The third kappa shape index (κ3) is 5.92. The van der Waals surface area contributed by atoms with Crippen molar-refractivity contribution in [3.8, 4) is 11.1 Å². The second-order valence-electron chi connectivity index (χ2n) is 8.78. The summed E-state index contributed by atoms with van der Waals surface area (Å²) in [6, 6.07) is 15.4. The maximum Gasteiger partial charge on any atom is 0.407 e. The predicted molar refractivity (Wildman–Crippen MR) is 126 cm³/mol. The van der Waals surface area contributed by atoms with Gasteiger partial charge in [0.25, 0.3) is 0 Å². The van der Waals surface area contributed by atoms with E-state index in [4.69, 9.17) is 4.74 Å². The summed E-state index contributed by atoms with van der Waals surface area (Å²) in [5.74, 6) is -1.73. The maximum atomic E-state index is 12.3. The summed E-state index contributed by atoms with van der Waals surface area (Å²) in [4.78, 5) is 35.9. The van der Waals surface area contributed by atoms with Crippen molar-refractivity contribution in [3.63, 3.8) is 0 Å². The highest BCUT2D eigenvalue weighted by Crippen LogP contribution is 2.44. The lowest BCUT2D eigenvalue weighted by Crippen LogP contribution is -2.45. The number of aliphatic carboxylic acids is 1. The van der Waals surface area contributed by atoms with Gasteiger partial charge in [-0.15, -0.1) is 0 Å². The van der Waals surface area contributed by atoms with Gasteiger partial charge in [0.05, 0.1) is 0 Å². The van der Waals surface area contributed by atoms with Crippen molar-refractivity contribution in [1.29, 1.82) is 0 Å². The van der Waals surface area contributed by atoms with E-state index >= 15 is 0 Å². The van der Waals surface area contributed by atoms with Crippen LogP contribution >= 0.6 is 0 Å². The fourth-order valence-corrected chi connectivity index (χ4v) is 4.21. The molecule has 0 saturated heterocycles. The molecular formula is C26H32N2O5. The van der Waals surface area contributed by atoms with Gasteiger partial charge in [0, 0.05) is 18.9 Å². The van der Waals surface area contributed by atoms with Crippen molar-refractivity contribution in [2.24, 2.45) is 11.8 Å². The summed E-state index contributed by atoms with van der Waals surface area (Å²) in [6.07, 6.45) is 0.229. The van der Waals surface area contributed by atoms with Crippen LogP contribution in [0.4, 0.5) is 4.79 Å². The van der Waals surface area contributed by atoms with Gasteiger partial charge in [0.1, 0.15) is 12.6 Å². The summed E-state index contributed by atoms with van der Waals surface area (Å²) in [6.45, 7) is 5.98. The molecule has 2 aromatic rings. The van der Waals surface area contributed by atoms with Crippen LogP contribution in [-0.4, -0.2) is 42.3 Å². The number of nitrogens with one attached hydrogen (secondary N) is 2. The number of amides is 2. The molecule has 0 heterocycles. The summed E-state index contributed by atoms with van der Waals surface area (Å²) in [5, 5.41) is 14.6. The number of rotatable bonds is 10. The fraction of sp³-hybridized carbons (Fsp3) is 0.423. The first-order valence-corrected chi connectivity index (χ1v) is 11.4. The van der Waals surface area contributed by atoms with Crippen LogP contribution in [0.1, 0.15) is 50.7 Å². The Kier molecular flexibility index (Phi) is 8.09. The van der Waals surface area contributed by atoms with Gasteiger partial charge < -0.3 is 20.5 Å². The summed E-state index contributed by atoms with van der Waals surface area (Å²) < 4.78 is 5.51. The number of carbonyl (C=O) groups is 3. The van der Waals surface area contributed by atoms with Crippen LogP contribution in [0, 0.1) is 11.8 Å². The number of hydrogen-bond donors (Lipinski definition) is 3. The topological polar surface area (TPSA) is 105 Å². The monoisotopic (exact) mass is 452 g/mol. The molecule has 0 spiro atoms. The normalized spacial score (nSPS) is 15.0. The highest BCUT2D eigenvalue weighted by molar-refractivity contribution is 5.84. The Balaban J connectivity index is 1.47. The van der Waals surface area contributed by atoms with Gasteiger partial charge in [-0.25, -0.2) is 9.59 Å². The third-order valence-corrected chi connectivity index (χ3v) is 6.27. The van der Waals surface area contributed by atoms with Crippen LogP contribution in [0.15, 0.2) is 48.5 Å². The Labute approximate surface area is 194 Å². The van der Waals surface area contributed by atoms with Gasteiger partial charge in [0.2, 0.25) is 5.91 Å².